The van der Waals surface area contributed by atoms with Crippen molar-refractivity contribution in [1.82, 2.24) is 0 Å². The number of hydrazone groups is 1. The predicted octanol–water partition coefficient (Wildman–Crippen LogP) is 7.75. The molecular formula is C27H22Cl2N2O2. The molecular weight excluding hydrogens is 455 g/mol. The Morgan fingerprint density at radius 1 is 0.788 bits per heavy atom. The first-order valence-corrected chi connectivity index (χ1v) is 11.1. The van der Waals surface area contributed by atoms with E-state index in [2.05, 4.69) is 0 Å². The Morgan fingerprint density at radius 3 is 2.06 bits per heavy atom. The predicted molar refractivity (Wildman–Crippen MR) is 136 cm³/mol. The van der Waals surface area contributed by atoms with Crippen molar-refractivity contribution in [2.45, 2.75) is 6.61 Å². The van der Waals surface area contributed by atoms with Crippen molar-refractivity contribution in [2.24, 2.45) is 5.10 Å². The van der Waals surface area contributed by atoms with Gasteiger partial charge >= 0.3 is 0 Å². The maximum Gasteiger partial charge on any atom is 0.161 e. The van der Waals surface area contributed by atoms with Crippen LogP contribution in [-0.2, 0) is 6.61 Å². The summed E-state index contributed by atoms with van der Waals surface area (Å²) in [5, 5.41) is 7.77. The Kier molecular flexibility index (Phi) is 7.51. The van der Waals surface area contributed by atoms with Crippen molar-refractivity contribution in [1.29, 1.82) is 0 Å². The molecule has 4 rings (SSSR count). The largest absolute Gasteiger partial charge is 0.493 e. The molecule has 166 valence electrons. The van der Waals surface area contributed by atoms with Crippen LogP contribution in [0.2, 0.25) is 10.0 Å². The van der Waals surface area contributed by atoms with Gasteiger partial charge in [0.2, 0.25) is 0 Å². The number of halogens is 2. The minimum atomic E-state index is 0.301. The summed E-state index contributed by atoms with van der Waals surface area (Å²) in [5.74, 6) is 1.22. The zero-order valence-corrected chi connectivity index (χ0v) is 19.5. The van der Waals surface area contributed by atoms with E-state index in [1.807, 2.05) is 89.9 Å². The van der Waals surface area contributed by atoms with Gasteiger partial charge in [-0.25, -0.2) is 5.01 Å². The van der Waals surface area contributed by atoms with E-state index in [9.17, 15) is 0 Å². The summed E-state index contributed by atoms with van der Waals surface area (Å²) < 4.78 is 11.5. The van der Waals surface area contributed by atoms with E-state index < -0.39 is 0 Å². The number of nitrogens with zero attached hydrogens (tertiary/aromatic N) is 2. The molecule has 0 N–H and O–H groups in total. The van der Waals surface area contributed by atoms with Gasteiger partial charge in [0.15, 0.2) is 11.5 Å². The topological polar surface area (TPSA) is 34.1 Å². The summed E-state index contributed by atoms with van der Waals surface area (Å²) in [6.45, 7) is 0.301. The highest BCUT2D eigenvalue weighted by atomic mass is 35.5. The molecule has 0 unspecified atom stereocenters. The molecule has 0 fully saturated rings. The Hall–Kier alpha value is -3.47. The van der Waals surface area contributed by atoms with E-state index in [-0.39, 0.29) is 0 Å². The first kappa shape index (κ1) is 22.7. The first-order valence-electron chi connectivity index (χ1n) is 10.3. The zero-order chi connectivity index (χ0) is 23.0. The fraction of sp³-hybridized carbons (Fsp3) is 0.0741. The van der Waals surface area contributed by atoms with Gasteiger partial charge < -0.3 is 9.47 Å². The molecule has 4 aromatic rings. The highest BCUT2D eigenvalue weighted by Crippen LogP contribution is 2.30. The molecule has 0 bridgehead atoms. The van der Waals surface area contributed by atoms with E-state index >= 15 is 0 Å². The first-order chi connectivity index (χ1) is 16.1. The van der Waals surface area contributed by atoms with Gasteiger partial charge in [-0.05, 0) is 60.2 Å². The average molecular weight is 477 g/mol. The molecule has 0 amide bonds. The molecule has 0 saturated carbocycles. The van der Waals surface area contributed by atoms with E-state index in [1.165, 1.54) is 0 Å². The average Bonchev–Trinajstić information content (AvgIpc) is 2.85. The Labute approximate surface area is 203 Å². The van der Waals surface area contributed by atoms with Gasteiger partial charge in [-0.1, -0.05) is 65.7 Å². The van der Waals surface area contributed by atoms with Crippen molar-refractivity contribution in [3.05, 3.63) is 118 Å². The van der Waals surface area contributed by atoms with Gasteiger partial charge in [0, 0.05) is 15.6 Å². The number of hydrogen-bond acceptors (Lipinski definition) is 4. The number of para-hydroxylation sites is 2. The molecule has 6 heteroatoms. The molecule has 0 aliphatic rings. The van der Waals surface area contributed by atoms with E-state index in [4.69, 9.17) is 37.8 Å². The van der Waals surface area contributed by atoms with Crippen LogP contribution in [0.4, 0.5) is 11.4 Å². The van der Waals surface area contributed by atoms with Crippen molar-refractivity contribution in [2.75, 3.05) is 12.1 Å². The minimum Gasteiger partial charge on any atom is -0.493 e. The number of rotatable bonds is 8. The van der Waals surface area contributed by atoms with E-state index in [1.54, 1.807) is 25.5 Å². The van der Waals surface area contributed by atoms with Crippen molar-refractivity contribution >= 4 is 40.8 Å². The van der Waals surface area contributed by atoms with Crippen LogP contribution >= 0.6 is 23.2 Å². The van der Waals surface area contributed by atoms with Gasteiger partial charge in [-0.15, -0.1) is 0 Å². The highest BCUT2D eigenvalue weighted by molar-refractivity contribution is 6.35. The van der Waals surface area contributed by atoms with Gasteiger partial charge in [0.1, 0.15) is 6.61 Å². The van der Waals surface area contributed by atoms with Crippen LogP contribution in [0.1, 0.15) is 11.1 Å². The van der Waals surface area contributed by atoms with Crippen LogP contribution in [0.3, 0.4) is 0 Å². The molecule has 0 aromatic heterocycles. The van der Waals surface area contributed by atoms with Crippen molar-refractivity contribution < 1.29 is 9.47 Å². The summed E-state index contributed by atoms with van der Waals surface area (Å²) in [6.07, 6.45) is 1.79. The van der Waals surface area contributed by atoms with Crippen molar-refractivity contribution in [3.63, 3.8) is 0 Å². The summed E-state index contributed by atoms with van der Waals surface area (Å²) in [7, 11) is 1.61. The lowest BCUT2D eigenvalue weighted by Gasteiger charge is -2.19. The highest BCUT2D eigenvalue weighted by Gasteiger charge is 2.10. The van der Waals surface area contributed by atoms with Crippen LogP contribution in [0.5, 0.6) is 11.5 Å². The van der Waals surface area contributed by atoms with Crippen LogP contribution in [0, 0.1) is 0 Å². The van der Waals surface area contributed by atoms with Gasteiger partial charge in [0.05, 0.1) is 24.7 Å². The summed E-state index contributed by atoms with van der Waals surface area (Å²) in [6, 6.07) is 31.0. The SMILES string of the molecule is COc1cc(/C=N\N(c2ccccc2)c2ccccc2)ccc1OCc1ccc(Cl)cc1Cl. The molecule has 0 atom stereocenters. The van der Waals surface area contributed by atoms with Crippen LogP contribution in [0.15, 0.2) is 102 Å². The molecule has 0 spiro atoms. The second kappa shape index (κ2) is 10.9. The molecule has 0 aliphatic heterocycles. The fourth-order valence-electron chi connectivity index (χ4n) is 3.22. The van der Waals surface area contributed by atoms with Crippen molar-refractivity contribution in [3.8, 4) is 11.5 Å². The standard InChI is InChI=1S/C27H22Cl2N2O2/c1-32-27-16-20(12-15-26(27)33-19-21-13-14-22(28)17-25(21)29)18-30-31(23-8-4-2-5-9-23)24-10-6-3-7-11-24/h2-18H,19H2,1H3/b30-18-. The Morgan fingerprint density at radius 2 is 1.45 bits per heavy atom. The molecule has 0 aliphatic carbocycles. The zero-order valence-electron chi connectivity index (χ0n) is 18.0. The van der Waals surface area contributed by atoms with Gasteiger partial charge in [0.25, 0.3) is 0 Å². The fourth-order valence-corrected chi connectivity index (χ4v) is 3.69. The lowest BCUT2D eigenvalue weighted by atomic mass is 10.2. The van der Waals surface area contributed by atoms with Gasteiger partial charge in [-0.2, -0.15) is 5.10 Å². The second-order valence-electron chi connectivity index (χ2n) is 7.16. The smallest absolute Gasteiger partial charge is 0.161 e. The van der Waals surface area contributed by atoms with Crippen LogP contribution in [0.25, 0.3) is 0 Å². The lowest BCUT2D eigenvalue weighted by molar-refractivity contribution is 0.284. The monoisotopic (exact) mass is 476 g/mol. The maximum atomic E-state index is 6.25. The third-order valence-electron chi connectivity index (χ3n) is 4.91. The summed E-state index contributed by atoms with van der Waals surface area (Å²) >= 11 is 12.2. The molecule has 33 heavy (non-hydrogen) atoms. The molecule has 0 heterocycles. The Balaban J connectivity index is 1.55. The lowest BCUT2D eigenvalue weighted by Crippen LogP contribution is -2.09. The van der Waals surface area contributed by atoms with Gasteiger partial charge in [-0.3, -0.25) is 0 Å². The third-order valence-corrected chi connectivity index (χ3v) is 5.50. The molecule has 0 saturated heterocycles. The van der Waals surface area contributed by atoms with E-state index in [0.29, 0.717) is 28.2 Å². The number of benzene rings is 4. The number of methoxy groups -OCH3 is 1. The molecule has 4 aromatic carbocycles. The number of hydrogen-bond donors (Lipinski definition) is 0. The van der Waals surface area contributed by atoms with Crippen LogP contribution < -0.4 is 14.5 Å². The summed E-state index contributed by atoms with van der Waals surface area (Å²) in [4.78, 5) is 0. The number of ether oxygens (including phenoxy) is 2. The van der Waals surface area contributed by atoms with Crippen LogP contribution in [-0.4, -0.2) is 13.3 Å². The second-order valence-corrected chi connectivity index (χ2v) is 8.01. The Bertz CT molecular complexity index is 1190. The van der Waals surface area contributed by atoms with E-state index in [0.717, 1.165) is 22.5 Å². The number of anilines is 2. The minimum absolute atomic E-state index is 0.301. The summed E-state index contributed by atoms with van der Waals surface area (Å²) in [5.41, 5.74) is 3.65. The molecule has 0 radical (unpaired) electrons. The maximum absolute atomic E-state index is 6.25. The third kappa shape index (κ3) is 5.86. The quantitative estimate of drug-likeness (QED) is 0.192. The molecule has 4 nitrogen and oxygen atoms in total. The normalized spacial score (nSPS) is 10.9.